The van der Waals surface area contributed by atoms with Crippen LogP contribution in [0.4, 0.5) is 10.1 Å². The molecule has 1 aromatic carbocycles. The van der Waals surface area contributed by atoms with E-state index in [9.17, 15) is 14.7 Å². The number of oxime groups is 1. The number of rotatable bonds is 5. The zero-order valence-electron chi connectivity index (χ0n) is 19.2. The molecule has 1 atom stereocenters. The highest BCUT2D eigenvalue weighted by Gasteiger charge is 2.41. The van der Waals surface area contributed by atoms with Gasteiger partial charge in [0.05, 0.1) is 23.5 Å². The van der Waals surface area contributed by atoms with Gasteiger partial charge in [-0.3, -0.25) is 4.79 Å². The molecule has 1 aliphatic heterocycles. The van der Waals surface area contributed by atoms with E-state index in [1.807, 2.05) is 32.6 Å². The number of hydrogen-bond donors (Lipinski definition) is 2. The predicted molar refractivity (Wildman–Crippen MR) is 128 cm³/mol. The Bertz CT molecular complexity index is 1190. The zero-order chi connectivity index (χ0) is 23.4. The third-order valence-corrected chi connectivity index (χ3v) is 6.07. The second kappa shape index (κ2) is 8.61. The molecular weight excluding hydrogens is 451 g/mol. The van der Waals surface area contributed by atoms with E-state index in [1.165, 1.54) is 6.20 Å². The van der Waals surface area contributed by atoms with Crippen LogP contribution in [-0.4, -0.2) is 46.6 Å². The highest BCUT2D eigenvalue weighted by molar-refractivity contribution is 5.98. The van der Waals surface area contributed by atoms with Crippen molar-refractivity contribution in [3.05, 3.63) is 39.9 Å². The molecule has 1 unspecified atom stereocenters. The molecule has 2 aromatic rings. The van der Waals surface area contributed by atoms with E-state index < -0.39 is 28.2 Å². The number of nitrogens with zero attached hydrogens (tertiary/aromatic N) is 3. The predicted octanol–water partition coefficient (Wildman–Crippen LogP) is 3.55. The van der Waals surface area contributed by atoms with Gasteiger partial charge in [-0.2, -0.15) is 0 Å². The van der Waals surface area contributed by atoms with Gasteiger partial charge < -0.3 is 25.1 Å². The van der Waals surface area contributed by atoms with Gasteiger partial charge in [-0.1, -0.05) is 12.1 Å². The van der Waals surface area contributed by atoms with E-state index in [0.29, 0.717) is 30.8 Å². The summed E-state index contributed by atoms with van der Waals surface area (Å²) in [5, 5.41) is 13.8. The molecule has 2 fully saturated rings. The fourth-order valence-corrected chi connectivity index (χ4v) is 4.03. The van der Waals surface area contributed by atoms with E-state index in [2.05, 4.69) is 5.16 Å². The Balaban J connectivity index is 0.00000306. The lowest BCUT2D eigenvalue weighted by Gasteiger charge is -2.24. The Labute approximate surface area is 197 Å². The van der Waals surface area contributed by atoms with Crippen molar-refractivity contribution in [2.45, 2.75) is 52.2 Å². The van der Waals surface area contributed by atoms with Crippen LogP contribution >= 0.6 is 12.4 Å². The van der Waals surface area contributed by atoms with Crippen LogP contribution in [0.25, 0.3) is 10.9 Å². The van der Waals surface area contributed by atoms with Crippen LogP contribution in [-0.2, 0) is 4.84 Å². The molecule has 1 aromatic heterocycles. The molecule has 2 aliphatic rings. The van der Waals surface area contributed by atoms with E-state index in [1.54, 1.807) is 10.6 Å². The largest absolute Gasteiger partial charge is 0.477 e. The van der Waals surface area contributed by atoms with Crippen molar-refractivity contribution in [1.82, 2.24) is 4.57 Å². The summed E-state index contributed by atoms with van der Waals surface area (Å²) in [6.45, 7) is 8.77. The molecule has 8 nitrogen and oxygen atoms in total. The average molecular weight is 481 g/mol. The topological polar surface area (TPSA) is 110 Å². The molecule has 180 valence electrons. The zero-order valence-corrected chi connectivity index (χ0v) is 20.0. The molecule has 0 bridgehead atoms. The second-order valence-corrected chi connectivity index (χ2v) is 10.00. The number of fused-ring (bicyclic) bond motifs is 1. The fourth-order valence-electron chi connectivity index (χ4n) is 4.03. The number of halogens is 2. The number of carboxylic acids is 1. The van der Waals surface area contributed by atoms with Gasteiger partial charge in [0.15, 0.2) is 0 Å². The molecule has 4 rings (SSSR count). The number of aromatic carboxylic acids is 1. The van der Waals surface area contributed by atoms with Crippen molar-refractivity contribution < 1.29 is 19.1 Å². The number of aromatic nitrogens is 1. The van der Waals surface area contributed by atoms with Crippen LogP contribution in [0.5, 0.6) is 0 Å². The minimum Gasteiger partial charge on any atom is -0.477 e. The average Bonchev–Trinajstić information content (AvgIpc) is 3.49. The summed E-state index contributed by atoms with van der Waals surface area (Å²) < 4.78 is 17.0. The second-order valence-electron chi connectivity index (χ2n) is 10.00. The van der Waals surface area contributed by atoms with Crippen LogP contribution in [0, 0.1) is 11.2 Å². The minimum absolute atomic E-state index is 0. The Morgan fingerprint density at radius 2 is 2.03 bits per heavy atom. The molecule has 0 spiro atoms. The standard InChI is InChI=1S/C23H29FN4O4.ClH/c1-22(2,3)32-26-19-10-27(12-23(19,4)11-25)18-8-17-14(7-16(18)24)20(29)15(21(30)31)9-28(17)13-5-6-13;/h7-9,13H,5-6,10-12,25H2,1-4H3,(H,30,31);1H/b26-19+;. The van der Waals surface area contributed by atoms with Crippen molar-refractivity contribution in [3.63, 3.8) is 0 Å². The van der Waals surface area contributed by atoms with Gasteiger partial charge in [0.2, 0.25) is 5.43 Å². The van der Waals surface area contributed by atoms with E-state index in [4.69, 9.17) is 10.6 Å². The first-order valence-electron chi connectivity index (χ1n) is 10.8. The van der Waals surface area contributed by atoms with Crippen molar-refractivity contribution in [3.8, 4) is 0 Å². The highest BCUT2D eigenvalue weighted by Crippen LogP contribution is 2.39. The number of hydrogen-bond acceptors (Lipinski definition) is 6. The van der Waals surface area contributed by atoms with Gasteiger partial charge in [0.1, 0.15) is 17.0 Å². The van der Waals surface area contributed by atoms with Crippen LogP contribution in [0.3, 0.4) is 0 Å². The molecule has 10 heteroatoms. The molecule has 3 N–H and O–H groups in total. The third-order valence-electron chi connectivity index (χ3n) is 6.07. The first-order chi connectivity index (χ1) is 14.9. The first-order valence-corrected chi connectivity index (χ1v) is 10.8. The van der Waals surface area contributed by atoms with Gasteiger partial charge in [-0.05, 0) is 45.7 Å². The van der Waals surface area contributed by atoms with Gasteiger partial charge >= 0.3 is 5.97 Å². The first kappa shape index (κ1) is 25.0. The van der Waals surface area contributed by atoms with Crippen LogP contribution in [0.15, 0.2) is 28.3 Å². The van der Waals surface area contributed by atoms with Gasteiger partial charge in [0, 0.05) is 36.1 Å². The van der Waals surface area contributed by atoms with Crippen LogP contribution < -0.4 is 16.1 Å². The fraction of sp³-hybridized carbons (Fsp3) is 0.522. The summed E-state index contributed by atoms with van der Waals surface area (Å²) in [4.78, 5) is 31.7. The Morgan fingerprint density at radius 3 is 2.58 bits per heavy atom. The van der Waals surface area contributed by atoms with E-state index in [-0.39, 0.29) is 29.4 Å². The summed E-state index contributed by atoms with van der Waals surface area (Å²) in [6, 6.07) is 2.90. The smallest absolute Gasteiger partial charge is 0.341 e. The molecule has 2 heterocycles. The SMILES string of the molecule is CC(C)(C)O/N=C1\CN(c2cc3c(cc2F)c(=O)c(C(=O)O)cn3C2CC2)CC1(C)CN.Cl. The van der Waals surface area contributed by atoms with Crippen molar-refractivity contribution >= 4 is 40.7 Å². The lowest BCUT2D eigenvalue weighted by atomic mass is 9.88. The maximum atomic E-state index is 15.3. The Hall–Kier alpha value is -2.65. The Kier molecular flexibility index (Phi) is 6.52. The van der Waals surface area contributed by atoms with Crippen LogP contribution in [0.2, 0.25) is 0 Å². The quantitative estimate of drug-likeness (QED) is 0.633. The highest BCUT2D eigenvalue weighted by atomic mass is 35.5. The lowest BCUT2D eigenvalue weighted by Crippen LogP contribution is -2.36. The van der Waals surface area contributed by atoms with Crippen LogP contribution in [0.1, 0.15) is 56.9 Å². The molecule has 0 radical (unpaired) electrons. The summed E-state index contributed by atoms with van der Waals surface area (Å²) in [5.74, 6) is -1.90. The van der Waals surface area contributed by atoms with Gasteiger partial charge in [0.25, 0.3) is 0 Å². The lowest BCUT2D eigenvalue weighted by molar-refractivity contribution is -0.000438. The number of anilines is 1. The van der Waals surface area contributed by atoms with Gasteiger partial charge in [-0.25, -0.2) is 9.18 Å². The van der Waals surface area contributed by atoms with E-state index in [0.717, 1.165) is 24.6 Å². The molecule has 0 amide bonds. The van der Waals surface area contributed by atoms with E-state index >= 15 is 4.39 Å². The summed E-state index contributed by atoms with van der Waals surface area (Å²) >= 11 is 0. The summed E-state index contributed by atoms with van der Waals surface area (Å²) in [7, 11) is 0. The Morgan fingerprint density at radius 1 is 1.36 bits per heavy atom. The minimum atomic E-state index is -1.31. The number of carboxylic acid groups (broad SMARTS) is 1. The van der Waals surface area contributed by atoms with Gasteiger partial charge in [-0.15, -0.1) is 12.4 Å². The third kappa shape index (κ3) is 4.70. The molecule has 1 saturated heterocycles. The normalized spacial score (nSPS) is 22.0. The van der Waals surface area contributed by atoms with Crippen molar-refractivity contribution in [2.75, 3.05) is 24.5 Å². The molecule has 1 aliphatic carbocycles. The monoisotopic (exact) mass is 480 g/mol. The number of nitrogens with two attached hydrogens (primary N) is 1. The number of benzene rings is 1. The number of carbonyl (C=O) groups is 1. The maximum absolute atomic E-state index is 15.3. The summed E-state index contributed by atoms with van der Waals surface area (Å²) in [6.07, 6.45) is 3.16. The maximum Gasteiger partial charge on any atom is 0.341 e. The summed E-state index contributed by atoms with van der Waals surface area (Å²) in [5.41, 5.74) is 5.66. The van der Waals surface area contributed by atoms with Crippen molar-refractivity contribution in [2.24, 2.45) is 16.3 Å². The van der Waals surface area contributed by atoms with Crippen molar-refractivity contribution in [1.29, 1.82) is 0 Å². The number of pyridine rings is 1. The molecule has 33 heavy (non-hydrogen) atoms. The molecule has 1 saturated carbocycles. The molecular formula is C23H30ClFN4O4.